The van der Waals surface area contributed by atoms with E-state index >= 15 is 0 Å². The quantitative estimate of drug-likeness (QED) is 0.792. The Bertz CT molecular complexity index is 327. The Kier molecular flexibility index (Phi) is 5.19. The topological polar surface area (TPSA) is 66.6 Å². The number of rotatable bonds is 5. The van der Waals surface area contributed by atoms with Gasteiger partial charge in [-0.2, -0.15) is 0 Å². The van der Waals surface area contributed by atoms with Crippen LogP contribution < -0.4 is 5.73 Å². The van der Waals surface area contributed by atoms with Crippen LogP contribution in [-0.2, 0) is 9.59 Å². The first kappa shape index (κ1) is 14.3. The van der Waals surface area contributed by atoms with E-state index in [4.69, 9.17) is 5.73 Å². The normalized spacial score (nSPS) is 24.6. The molecular formula is C14H25N3O2. The molecule has 0 bridgehead atoms. The van der Waals surface area contributed by atoms with Gasteiger partial charge in [-0.15, -0.1) is 0 Å². The first-order valence-electron chi connectivity index (χ1n) is 7.43. The van der Waals surface area contributed by atoms with Gasteiger partial charge in [-0.3, -0.25) is 9.59 Å². The molecule has 0 radical (unpaired) electrons. The van der Waals surface area contributed by atoms with Gasteiger partial charge in [0.25, 0.3) is 0 Å². The van der Waals surface area contributed by atoms with Crippen molar-refractivity contribution in [2.45, 2.75) is 38.5 Å². The van der Waals surface area contributed by atoms with Crippen molar-refractivity contribution in [1.82, 2.24) is 9.80 Å². The number of nitrogens with two attached hydrogens (primary N) is 1. The van der Waals surface area contributed by atoms with E-state index in [1.165, 1.54) is 32.4 Å². The summed E-state index contributed by atoms with van der Waals surface area (Å²) in [4.78, 5) is 27.2. The molecule has 0 unspecified atom stereocenters. The van der Waals surface area contributed by atoms with E-state index in [0.717, 1.165) is 26.1 Å². The number of piperidine rings is 1. The molecule has 2 heterocycles. The molecule has 0 aromatic carbocycles. The lowest BCUT2D eigenvalue weighted by Gasteiger charge is -2.34. The van der Waals surface area contributed by atoms with Crippen molar-refractivity contribution in [3.8, 4) is 0 Å². The number of hydrogen-bond acceptors (Lipinski definition) is 3. The van der Waals surface area contributed by atoms with Gasteiger partial charge >= 0.3 is 0 Å². The summed E-state index contributed by atoms with van der Waals surface area (Å²) in [5, 5.41) is 0. The number of likely N-dealkylation sites (tertiary alicyclic amines) is 2. The molecule has 1 atom stereocenters. The molecule has 2 N–H and O–H groups in total. The molecule has 2 amide bonds. The minimum Gasteiger partial charge on any atom is -0.370 e. The maximum atomic E-state index is 12.0. The highest BCUT2D eigenvalue weighted by Gasteiger charge is 2.25. The molecule has 2 fully saturated rings. The van der Waals surface area contributed by atoms with E-state index < -0.39 is 0 Å². The smallest absolute Gasteiger partial charge is 0.223 e. The van der Waals surface area contributed by atoms with E-state index in [0.29, 0.717) is 5.92 Å². The van der Waals surface area contributed by atoms with Crippen LogP contribution in [-0.4, -0.2) is 54.3 Å². The van der Waals surface area contributed by atoms with E-state index in [1.54, 1.807) is 0 Å². The van der Waals surface area contributed by atoms with Crippen LogP contribution in [0.5, 0.6) is 0 Å². The zero-order chi connectivity index (χ0) is 13.7. The zero-order valence-corrected chi connectivity index (χ0v) is 11.6. The Morgan fingerprint density at radius 3 is 2.47 bits per heavy atom. The summed E-state index contributed by atoms with van der Waals surface area (Å²) in [6.45, 7) is 5.25. The summed E-state index contributed by atoms with van der Waals surface area (Å²) in [5.74, 6) is 0.299. The summed E-state index contributed by atoms with van der Waals surface area (Å²) in [6.07, 6.45) is 5.37. The molecule has 5 nitrogen and oxygen atoms in total. The van der Waals surface area contributed by atoms with Crippen LogP contribution in [0.2, 0.25) is 0 Å². The highest BCUT2D eigenvalue weighted by atomic mass is 16.2. The van der Waals surface area contributed by atoms with Crippen molar-refractivity contribution in [1.29, 1.82) is 0 Å². The third kappa shape index (κ3) is 4.49. The minimum absolute atomic E-state index is 0.0879. The SMILES string of the molecule is NC(=O)CCC(=O)N1CCC[C@H](CN2CCCC2)C1. The van der Waals surface area contributed by atoms with E-state index in [2.05, 4.69) is 4.90 Å². The largest absolute Gasteiger partial charge is 0.370 e. The summed E-state index contributed by atoms with van der Waals surface area (Å²) in [6, 6.07) is 0. The molecule has 108 valence electrons. The molecule has 2 rings (SSSR count). The lowest BCUT2D eigenvalue weighted by molar-refractivity contribution is -0.134. The van der Waals surface area contributed by atoms with Crippen LogP contribution in [0, 0.1) is 5.92 Å². The van der Waals surface area contributed by atoms with Gasteiger partial charge in [-0.25, -0.2) is 0 Å². The van der Waals surface area contributed by atoms with Crippen LogP contribution in [0.4, 0.5) is 0 Å². The zero-order valence-electron chi connectivity index (χ0n) is 11.6. The summed E-state index contributed by atoms with van der Waals surface area (Å²) in [5.41, 5.74) is 5.09. The second-order valence-corrected chi connectivity index (χ2v) is 5.82. The number of carbonyl (C=O) groups is 2. The maximum Gasteiger partial charge on any atom is 0.223 e. The first-order valence-corrected chi connectivity index (χ1v) is 7.43. The fourth-order valence-corrected chi connectivity index (χ4v) is 3.16. The van der Waals surface area contributed by atoms with Crippen molar-refractivity contribution in [3.05, 3.63) is 0 Å². The molecule has 0 aliphatic carbocycles. The maximum absolute atomic E-state index is 12.0. The van der Waals surface area contributed by atoms with Crippen molar-refractivity contribution in [2.75, 3.05) is 32.7 Å². The summed E-state index contributed by atoms with van der Waals surface area (Å²) >= 11 is 0. The molecule has 2 saturated heterocycles. The van der Waals surface area contributed by atoms with E-state index in [9.17, 15) is 9.59 Å². The fourth-order valence-electron chi connectivity index (χ4n) is 3.16. The second kappa shape index (κ2) is 6.89. The summed E-state index contributed by atoms with van der Waals surface area (Å²) < 4.78 is 0. The van der Waals surface area contributed by atoms with Gasteiger partial charge < -0.3 is 15.5 Å². The van der Waals surface area contributed by atoms with Crippen LogP contribution in [0.15, 0.2) is 0 Å². The van der Waals surface area contributed by atoms with Gasteiger partial charge in [0, 0.05) is 32.5 Å². The molecule has 0 saturated carbocycles. The third-order valence-electron chi connectivity index (χ3n) is 4.17. The van der Waals surface area contributed by atoms with Crippen LogP contribution in [0.3, 0.4) is 0 Å². The first-order chi connectivity index (χ1) is 9.15. The van der Waals surface area contributed by atoms with Gasteiger partial charge in [-0.05, 0) is 44.7 Å². The van der Waals surface area contributed by atoms with Crippen molar-refractivity contribution in [3.63, 3.8) is 0 Å². The Balaban J connectivity index is 1.75. The van der Waals surface area contributed by atoms with Gasteiger partial charge in [0.15, 0.2) is 0 Å². The average Bonchev–Trinajstić information content (AvgIpc) is 2.89. The van der Waals surface area contributed by atoms with E-state index in [1.807, 2.05) is 4.90 Å². The molecule has 0 aromatic heterocycles. The lowest BCUT2D eigenvalue weighted by atomic mass is 9.97. The minimum atomic E-state index is -0.390. The monoisotopic (exact) mass is 267 g/mol. The Morgan fingerprint density at radius 1 is 1.05 bits per heavy atom. The van der Waals surface area contributed by atoms with Gasteiger partial charge in [0.05, 0.1) is 0 Å². The standard InChI is InChI=1S/C14H25N3O2/c15-13(18)5-6-14(19)17-9-3-4-12(11-17)10-16-7-1-2-8-16/h12H,1-11H2,(H2,15,18)/t12-/m1/s1. The van der Waals surface area contributed by atoms with E-state index in [-0.39, 0.29) is 24.7 Å². The fraction of sp³-hybridized carbons (Fsp3) is 0.857. The van der Waals surface area contributed by atoms with Crippen LogP contribution >= 0.6 is 0 Å². The molecule has 2 aliphatic heterocycles. The van der Waals surface area contributed by atoms with Gasteiger partial charge in [0.1, 0.15) is 0 Å². The Morgan fingerprint density at radius 2 is 1.79 bits per heavy atom. The summed E-state index contributed by atoms with van der Waals surface area (Å²) in [7, 11) is 0. The number of hydrogen-bond donors (Lipinski definition) is 1. The van der Waals surface area contributed by atoms with Crippen molar-refractivity contribution in [2.24, 2.45) is 11.7 Å². The van der Waals surface area contributed by atoms with Gasteiger partial charge in [-0.1, -0.05) is 0 Å². The molecule has 0 aromatic rings. The lowest BCUT2D eigenvalue weighted by Crippen LogP contribution is -2.43. The third-order valence-corrected chi connectivity index (χ3v) is 4.17. The number of carbonyl (C=O) groups excluding carboxylic acids is 2. The van der Waals surface area contributed by atoms with Gasteiger partial charge in [0.2, 0.25) is 11.8 Å². The molecule has 0 spiro atoms. The predicted octanol–water partition coefficient (Wildman–Crippen LogP) is 0.586. The second-order valence-electron chi connectivity index (χ2n) is 5.82. The predicted molar refractivity (Wildman–Crippen MR) is 73.4 cm³/mol. The molecule has 2 aliphatic rings. The van der Waals surface area contributed by atoms with Crippen LogP contribution in [0.25, 0.3) is 0 Å². The molecular weight excluding hydrogens is 242 g/mol. The van der Waals surface area contributed by atoms with Crippen molar-refractivity contribution < 1.29 is 9.59 Å². The van der Waals surface area contributed by atoms with Crippen molar-refractivity contribution >= 4 is 11.8 Å². The highest BCUT2D eigenvalue weighted by molar-refractivity contribution is 5.82. The van der Waals surface area contributed by atoms with Crippen LogP contribution in [0.1, 0.15) is 38.5 Å². The number of nitrogens with zero attached hydrogens (tertiary/aromatic N) is 2. The number of primary amides is 1. The Labute approximate surface area is 115 Å². The molecule has 19 heavy (non-hydrogen) atoms. The number of amides is 2. The Hall–Kier alpha value is -1.10. The molecule has 5 heteroatoms. The highest BCUT2D eigenvalue weighted by Crippen LogP contribution is 2.20. The average molecular weight is 267 g/mol.